The molecular formula is C31H46N2O7Si. The summed E-state index contributed by atoms with van der Waals surface area (Å²) in [4.78, 5) is 27.8. The molecule has 0 radical (unpaired) electrons. The molecular weight excluding hydrogens is 540 g/mol. The van der Waals surface area contributed by atoms with Gasteiger partial charge in [-0.05, 0) is 90.0 Å². The van der Waals surface area contributed by atoms with E-state index < -0.39 is 49.1 Å². The van der Waals surface area contributed by atoms with Gasteiger partial charge in [-0.1, -0.05) is 26.8 Å². The van der Waals surface area contributed by atoms with Crippen LogP contribution in [0.3, 0.4) is 0 Å². The third kappa shape index (κ3) is 4.66. The third-order valence-corrected chi connectivity index (χ3v) is 14.2. The number of nitrogens with one attached hydrogen (secondary N) is 1. The number of likely N-dealkylation sites (N-methyl/N-ethyl adjacent to an activating group) is 1. The summed E-state index contributed by atoms with van der Waals surface area (Å²) in [6.45, 7) is 18.6. The van der Waals surface area contributed by atoms with Crippen LogP contribution in [-0.2, 0) is 26.1 Å². The van der Waals surface area contributed by atoms with Gasteiger partial charge in [0.05, 0.1) is 11.0 Å². The highest BCUT2D eigenvalue weighted by Crippen LogP contribution is 2.65. The van der Waals surface area contributed by atoms with E-state index in [1.54, 1.807) is 33.8 Å². The van der Waals surface area contributed by atoms with E-state index in [0.29, 0.717) is 36.5 Å². The maximum Gasteiger partial charge on any atom is 0.408 e. The van der Waals surface area contributed by atoms with Crippen molar-refractivity contribution in [3.05, 3.63) is 35.1 Å². The van der Waals surface area contributed by atoms with Crippen LogP contribution in [0.2, 0.25) is 18.1 Å². The van der Waals surface area contributed by atoms with Crippen molar-refractivity contribution in [2.75, 3.05) is 13.6 Å². The minimum absolute atomic E-state index is 0.0173. The fourth-order valence-electron chi connectivity index (χ4n) is 6.68. The Hall–Kier alpha value is -2.56. The average molecular weight is 587 g/mol. The molecule has 1 spiro atoms. The minimum Gasteiger partial charge on any atom is -0.541 e. The molecule has 1 unspecified atom stereocenters. The molecule has 9 nitrogen and oxygen atoms in total. The van der Waals surface area contributed by atoms with Crippen molar-refractivity contribution in [3.8, 4) is 11.5 Å². The summed E-state index contributed by atoms with van der Waals surface area (Å²) in [6.07, 6.45) is 2.06. The van der Waals surface area contributed by atoms with Crippen LogP contribution in [0.1, 0.15) is 72.4 Å². The number of hydrogen-bond acceptors (Lipinski definition) is 8. The molecule has 0 aromatic heterocycles. The fourth-order valence-corrected chi connectivity index (χ4v) is 7.70. The van der Waals surface area contributed by atoms with E-state index in [1.807, 2.05) is 6.07 Å². The lowest BCUT2D eigenvalue weighted by atomic mass is 9.50. The summed E-state index contributed by atoms with van der Waals surface area (Å²) in [5.41, 5.74) is -0.452. The molecule has 2 aliphatic carbocycles. The minimum atomic E-state index is -2.21. The zero-order valence-corrected chi connectivity index (χ0v) is 27.1. The highest BCUT2D eigenvalue weighted by molar-refractivity contribution is 6.74. The van der Waals surface area contributed by atoms with Crippen molar-refractivity contribution >= 4 is 20.4 Å². The van der Waals surface area contributed by atoms with Gasteiger partial charge in [-0.15, -0.1) is 0 Å². The van der Waals surface area contributed by atoms with Gasteiger partial charge in [0.2, 0.25) is 0 Å². The van der Waals surface area contributed by atoms with Crippen molar-refractivity contribution in [1.29, 1.82) is 0 Å². The number of amides is 1. The van der Waals surface area contributed by atoms with Crippen molar-refractivity contribution in [2.45, 2.75) is 121 Å². The topological polar surface area (TPSA) is 107 Å². The van der Waals surface area contributed by atoms with Crippen LogP contribution < -0.4 is 14.5 Å². The van der Waals surface area contributed by atoms with Gasteiger partial charge in [0.1, 0.15) is 23.2 Å². The molecule has 41 heavy (non-hydrogen) atoms. The Morgan fingerprint density at radius 1 is 1.20 bits per heavy atom. The number of benzene rings is 1. The van der Waals surface area contributed by atoms with E-state index in [1.165, 1.54) is 0 Å². The summed E-state index contributed by atoms with van der Waals surface area (Å²) in [6, 6.07) is 3.08. The van der Waals surface area contributed by atoms with Crippen molar-refractivity contribution < 1.29 is 33.3 Å². The van der Waals surface area contributed by atoms with Crippen LogP contribution in [0, 0.1) is 0 Å². The fraction of sp³-hybridized carbons (Fsp3) is 0.677. The molecule has 226 valence electrons. The number of esters is 1. The molecule has 1 amide bonds. The number of rotatable bonds is 5. The number of ether oxygens (including phenoxy) is 3. The Balaban J connectivity index is 1.51. The summed E-state index contributed by atoms with van der Waals surface area (Å²) in [7, 11) is -0.151. The molecule has 2 heterocycles. The van der Waals surface area contributed by atoms with E-state index >= 15 is 0 Å². The zero-order chi connectivity index (χ0) is 30.3. The second-order valence-corrected chi connectivity index (χ2v) is 19.5. The van der Waals surface area contributed by atoms with Gasteiger partial charge in [-0.3, -0.25) is 0 Å². The van der Waals surface area contributed by atoms with Crippen LogP contribution in [0.5, 0.6) is 11.5 Å². The Kier molecular flexibility index (Phi) is 6.91. The van der Waals surface area contributed by atoms with Gasteiger partial charge in [0.15, 0.2) is 11.9 Å². The summed E-state index contributed by atoms with van der Waals surface area (Å²) in [5, 5.41) is 15.1. The van der Waals surface area contributed by atoms with Crippen molar-refractivity contribution in [2.24, 2.45) is 0 Å². The number of alkyl carbamates (subject to hydrolysis) is 1. The Labute approximate surface area is 244 Å². The monoisotopic (exact) mass is 586 g/mol. The number of carbonyl (C=O) groups excluding carboxylic acids is 2. The SMILES string of the molecule is CC(NC(=O)OC(C)(C)C)C(=O)OC1=CC[C@@]2(O)[C@H]3Cc4ccc(O[Si](C)(C)C(C)(C)C)c5c4[C@@]2(CCN3C)[C@H]1O5. The lowest BCUT2D eigenvalue weighted by Gasteiger charge is -2.61. The standard InChI is InChI=1S/C31H46N2O7Si/c1-18(32-27(35)39-28(2,3)4)26(34)37-21-13-14-31(36)22-17-19-11-12-20(40-41(9,10)29(5,6)7)24-23(19)30(31,25(21)38-24)15-16-33(22)8/h11-13,18,22,25,36H,14-17H2,1-10H3,(H,32,35)/t18?,22-,25+,30+,31-/m1/s1. The average Bonchev–Trinajstić information content (AvgIpc) is 3.18. The summed E-state index contributed by atoms with van der Waals surface area (Å²) in [5.74, 6) is 1.08. The molecule has 2 N–H and O–H groups in total. The van der Waals surface area contributed by atoms with Gasteiger partial charge in [-0.2, -0.15) is 0 Å². The van der Waals surface area contributed by atoms with Gasteiger partial charge < -0.3 is 34.0 Å². The smallest absolute Gasteiger partial charge is 0.408 e. The van der Waals surface area contributed by atoms with E-state index in [4.69, 9.17) is 18.6 Å². The highest BCUT2D eigenvalue weighted by Gasteiger charge is 2.72. The highest BCUT2D eigenvalue weighted by atomic mass is 28.4. The van der Waals surface area contributed by atoms with Gasteiger partial charge in [-0.25, -0.2) is 9.59 Å². The van der Waals surface area contributed by atoms with Crippen LogP contribution in [-0.4, -0.2) is 73.4 Å². The Morgan fingerprint density at radius 3 is 2.51 bits per heavy atom. The predicted molar refractivity (Wildman–Crippen MR) is 158 cm³/mol. The van der Waals surface area contributed by atoms with Crippen LogP contribution in [0.4, 0.5) is 4.79 Å². The first kappa shape index (κ1) is 29.9. The maximum atomic E-state index is 13.2. The van der Waals surface area contributed by atoms with E-state index in [2.05, 4.69) is 57.2 Å². The van der Waals surface area contributed by atoms with Crippen LogP contribution in [0.25, 0.3) is 0 Å². The molecule has 1 aromatic rings. The molecule has 4 aliphatic rings. The lowest BCUT2D eigenvalue weighted by molar-refractivity contribution is -0.169. The maximum absolute atomic E-state index is 13.2. The first-order valence-corrected chi connectivity index (χ1v) is 17.6. The lowest BCUT2D eigenvalue weighted by Crippen LogP contribution is -2.74. The van der Waals surface area contributed by atoms with Crippen molar-refractivity contribution in [3.63, 3.8) is 0 Å². The number of likely N-dealkylation sites (tertiary alicyclic amines) is 1. The molecule has 5 rings (SSSR count). The number of nitrogens with zero attached hydrogens (tertiary/aromatic N) is 1. The molecule has 1 aromatic carbocycles. The quantitative estimate of drug-likeness (QED) is 0.374. The third-order valence-electron chi connectivity index (χ3n) is 9.81. The van der Waals surface area contributed by atoms with Crippen LogP contribution in [0.15, 0.2) is 24.0 Å². The number of hydrogen-bond donors (Lipinski definition) is 2. The van der Waals surface area contributed by atoms with Gasteiger partial charge in [0, 0.05) is 18.0 Å². The summed E-state index contributed by atoms with van der Waals surface area (Å²) >= 11 is 0. The van der Waals surface area contributed by atoms with E-state index in [-0.39, 0.29) is 11.1 Å². The van der Waals surface area contributed by atoms with Gasteiger partial charge in [0.25, 0.3) is 8.32 Å². The largest absolute Gasteiger partial charge is 0.541 e. The Bertz CT molecular complexity index is 1300. The second kappa shape index (κ2) is 9.47. The first-order valence-electron chi connectivity index (χ1n) is 14.7. The van der Waals surface area contributed by atoms with Crippen molar-refractivity contribution in [1.82, 2.24) is 10.2 Å². The molecule has 2 aliphatic heterocycles. The summed E-state index contributed by atoms with van der Waals surface area (Å²) < 4.78 is 24.8. The molecule has 0 saturated carbocycles. The van der Waals surface area contributed by atoms with E-state index in [0.717, 1.165) is 17.7 Å². The molecule has 1 fully saturated rings. The molecule has 5 atom stereocenters. The van der Waals surface area contributed by atoms with Crippen LogP contribution >= 0.6 is 0 Å². The van der Waals surface area contributed by atoms with Gasteiger partial charge >= 0.3 is 12.1 Å². The Morgan fingerprint density at radius 2 is 1.88 bits per heavy atom. The molecule has 2 bridgehead atoms. The number of piperidine rings is 1. The predicted octanol–water partition coefficient (Wildman–Crippen LogP) is 4.80. The second-order valence-electron chi connectivity index (χ2n) is 14.7. The normalized spacial score (nSPS) is 29.5. The first-order chi connectivity index (χ1) is 18.8. The van der Waals surface area contributed by atoms with E-state index in [9.17, 15) is 14.7 Å². The number of aliphatic hydroxyl groups is 1. The molecule has 1 saturated heterocycles. The molecule has 10 heteroatoms. The zero-order valence-electron chi connectivity index (χ0n) is 26.1. The number of carbonyl (C=O) groups is 2.